The summed E-state index contributed by atoms with van der Waals surface area (Å²) >= 11 is 0. The van der Waals surface area contributed by atoms with Crippen LogP contribution in [0.2, 0.25) is 0 Å². The summed E-state index contributed by atoms with van der Waals surface area (Å²) in [6, 6.07) is 5.78. The van der Waals surface area contributed by atoms with Crippen LogP contribution in [0.1, 0.15) is 59.8 Å². The van der Waals surface area contributed by atoms with Gasteiger partial charge in [0.25, 0.3) is 5.69 Å². The van der Waals surface area contributed by atoms with Crippen LogP contribution < -0.4 is 10.1 Å². The molecule has 2 atom stereocenters. The smallest absolute Gasteiger partial charge is 0.449 e. The largest absolute Gasteiger partial charge is 0.511 e. The quantitative estimate of drug-likeness (QED) is 0.155. The molecule has 0 amide bonds. The normalized spacial score (nSPS) is 17.5. The standard InChI is InChI=1S/C21H20N6O6/c1-11(28)17-9-23-20(10-22-17)24-19-8-16(25-26-19)13-3-2-12(6-13)15-7-14(27(31)32)4-5-18(15)33-21(29)30/h4-5,7-10,12-13H,2-3,6H2,1H3,(H,29,30)(H2,23,24,25,26)/t12-,13+/m1/s1. The van der Waals surface area contributed by atoms with Crippen molar-refractivity contribution in [1.29, 1.82) is 0 Å². The van der Waals surface area contributed by atoms with Gasteiger partial charge in [-0.1, -0.05) is 0 Å². The number of ether oxygens (including phenoxy) is 1. The molecule has 1 aliphatic carbocycles. The zero-order chi connectivity index (χ0) is 23.5. The molecule has 2 aromatic heterocycles. The number of Topliss-reactive ketones (excluding diaryl/α,β-unsaturated/α-hetero) is 1. The van der Waals surface area contributed by atoms with Gasteiger partial charge in [-0.25, -0.2) is 14.8 Å². The third-order valence-electron chi connectivity index (χ3n) is 5.58. The number of nitrogens with zero attached hydrogens (tertiary/aromatic N) is 4. The molecule has 0 radical (unpaired) electrons. The van der Waals surface area contributed by atoms with E-state index in [-0.39, 0.29) is 34.7 Å². The predicted octanol–water partition coefficient (Wildman–Crippen LogP) is 4.16. The van der Waals surface area contributed by atoms with Crippen molar-refractivity contribution in [2.75, 3.05) is 5.32 Å². The lowest BCUT2D eigenvalue weighted by Gasteiger charge is -2.14. The highest BCUT2D eigenvalue weighted by molar-refractivity contribution is 5.91. The minimum Gasteiger partial charge on any atom is -0.449 e. The van der Waals surface area contributed by atoms with Crippen molar-refractivity contribution < 1.29 is 24.4 Å². The van der Waals surface area contributed by atoms with Crippen molar-refractivity contribution in [3.05, 3.63) is 63.7 Å². The number of aromatic nitrogens is 4. The van der Waals surface area contributed by atoms with Crippen LogP contribution >= 0.6 is 0 Å². The molecule has 170 valence electrons. The number of carboxylic acid groups (broad SMARTS) is 1. The highest BCUT2D eigenvalue weighted by atomic mass is 16.7. The maximum atomic E-state index is 11.3. The van der Waals surface area contributed by atoms with Crippen molar-refractivity contribution in [3.8, 4) is 5.75 Å². The Morgan fingerprint density at radius 2 is 1.97 bits per heavy atom. The number of benzene rings is 1. The van der Waals surface area contributed by atoms with Gasteiger partial charge >= 0.3 is 6.16 Å². The molecule has 33 heavy (non-hydrogen) atoms. The van der Waals surface area contributed by atoms with E-state index in [1.807, 2.05) is 6.07 Å². The number of carbonyl (C=O) groups excluding carboxylic acids is 1. The van der Waals surface area contributed by atoms with Gasteiger partial charge in [0.05, 0.1) is 17.3 Å². The number of nitro benzene ring substituents is 1. The van der Waals surface area contributed by atoms with E-state index in [0.717, 1.165) is 12.1 Å². The second kappa shape index (κ2) is 9.02. The Bertz CT molecular complexity index is 1210. The number of aromatic amines is 1. The molecule has 12 heteroatoms. The second-order valence-electron chi connectivity index (χ2n) is 7.73. The summed E-state index contributed by atoms with van der Waals surface area (Å²) in [5, 5.41) is 30.5. The minimum absolute atomic E-state index is 0.0983. The van der Waals surface area contributed by atoms with E-state index in [1.165, 1.54) is 37.5 Å². The van der Waals surface area contributed by atoms with E-state index >= 15 is 0 Å². The molecule has 1 fully saturated rings. The number of non-ortho nitro benzene ring substituents is 1. The Morgan fingerprint density at radius 1 is 1.18 bits per heavy atom. The molecule has 1 saturated carbocycles. The third kappa shape index (κ3) is 4.95. The van der Waals surface area contributed by atoms with Crippen LogP contribution in [-0.4, -0.2) is 42.1 Å². The monoisotopic (exact) mass is 452 g/mol. The average Bonchev–Trinajstić information content (AvgIpc) is 3.43. The molecule has 4 rings (SSSR count). The van der Waals surface area contributed by atoms with Gasteiger partial charge in [-0.15, -0.1) is 0 Å². The fourth-order valence-electron chi connectivity index (χ4n) is 4.02. The number of H-pyrrole nitrogens is 1. The van der Waals surface area contributed by atoms with Crippen LogP contribution in [0.15, 0.2) is 36.7 Å². The van der Waals surface area contributed by atoms with E-state index < -0.39 is 11.1 Å². The zero-order valence-corrected chi connectivity index (χ0v) is 17.5. The van der Waals surface area contributed by atoms with E-state index in [2.05, 4.69) is 25.5 Å². The van der Waals surface area contributed by atoms with Gasteiger partial charge in [0.1, 0.15) is 17.3 Å². The molecule has 0 spiro atoms. The molecule has 2 heterocycles. The number of nitrogens with one attached hydrogen (secondary N) is 2. The minimum atomic E-state index is -1.47. The first-order valence-corrected chi connectivity index (χ1v) is 10.1. The first kappa shape index (κ1) is 21.9. The lowest BCUT2D eigenvalue weighted by atomic mass is 9.94. The number of rotatable bonds is 7. The number of hydrogen-bond donors (Lipinski definition) is 3. The van der Waals surface area contributed by atoms with Crippen LogP contribution in [0.5, 0.6) is 5.75 Å². The summed E-state index contributed by atoms with van der Waals surface area (Å²) in [6.07, 6.45) is 3.50. The Hall–Kier alpha value is -4.35. The zero-order valence-electron chi connectivity index (χ0n) is 17.5. The summed E-state index contributed by atoms with van der Waals surface area (Å²) in [6.45, 7) is 1.41. The highest BCUT2D eigenvalue weighted by Crippen LogP contribution is 2.46. The summed E-state index contributed by atoms with van der Waals surface area (Å²) < 4.78 is 4.86. The number of anilines is 2. The summed E-state index contributed by atoms with van der Waals surface area (Å²) in [7, 11) is 0. The molecule has 0 aliphatic heterocycles. The molecule has 0 saturated heterocycles. The van der Waals surface area contributed by atoms with E-state index in [0.29, 0.717) is 30.0 Å². The van der Waals surface area contributed by atoms with Gasteiger partial charge < -0.3 is 15.2 Å². The van der Waals surface area contributed by atoms with Crippen molar-refractivity contribution in [3.63, 3.8) is 0 Å². The van der Waals surface area contributed by atoms with Crippen LogP contribution in [0.25, 0.3) is 0 Å². The average molecular weight is 452 g/mol. The predicted molar refractivity (Wildman–Crippen MR) is 115 cm³/mol. The first-order valence-electron chi connectivity index (χ1n) is 10.1. The number of nitro groups is 1. The van der Waals surface area contributed by atoms with Crippen LogP contribution in [0.3, 0.4) is 0 Å². The van der Waals surface area contributed by atoms with Crippen LogP contribution in [0, 0.1) is 10.1 Å². The maximum absolute atomic E-state index is 11.3. The Labute approximate surface area is 187 Å². The van der Waals surface area contributed by atoms with Crippen molar-refractivity contribution >= 4 is 29.3 Å². The maximum Gasteiger partial charge on any atom is 0.511 e. The van der Waals surface area contributed by atoms with Crippen molar-refractivity contribution in [2.45, 2.75) is 38.0 Å². The topological polar surface area (TPSA) is 173 Å². The SMILES string of the molecule is CC(=O)c1cnc(Nc2cc([C@H]3CC[C@@H](c4cc([N+](=O)[O-])ccc4OC(=O)O)C3)[nH]n2)cn1. The lowest BCUT2D eigenvalue weighted by molar-refractivity contribution is -0.385. The van der Waals surface area contributed by atoms with Gasteiger partial charge in [0, 0.05) is 42.3 Å². The summed E-state index contributed by atoms with van der Waals surface area (Å²) in [5.74, 6) is 0.902. The Morgan fingerprint density at radius 3 is 2.64 bits per heavy atom. The molecule has 1 aliphatic rings. The van der Waals surface area contributed by atoms with Gasteiger partial charge in [-0.2, -0.15) is 5.10 Å². The van der Waals surface area contributed by atoms with Gasteiger partial charge in [-0.05, 0) is 31.2 Å². The summed E-state index contributed by atoms with van der Waals surface area (Å²) in [5.41, 5.74) is 1.54. The van der Waals surface area contributed by atoms with E-state index in [9.17, 15) is 19.7 Å². The van der Waals surface area contributed by atoms with Gasteiger partial charge in [0.15, 0.2) is 11.6 Å². The fraction of sp³-hybridized carbons (Fsp3) is 0.286. The summed E-state index contributed by atoms with van der Waals surface area (Å²) in [4.78, 5) is 41.2. The highest BCUT2D eigenvalue weighted by Gasteiger charge is 2.31. The van der Waals surface area contributed by atoms with E-state index in [4.69, 9.17) is 9.84 Å². The van der Waals surface area contributed by atoms with Crippen LogP contribution in [0.4, 0.5) is 22.1 Å². The second-order valence-corrected chi connectivity index (χ2v) is 7.73. The molecular formula is C21H20N6O6. The van der Waals surface area contributed by atoms with Gasteiger partial charge in [-0.3, -0.25) is 20.0 Å². The number of ketones is 1. The molecule has 0 unspecified atom stereocenters. The van der Waals surface area contributed by atoms with Crippen LogP contribution in [-0.2, 0) is 0 Å². The molecule has 0 bridgehead atoms. The molecule has 3 N–H and O–H groups in total. The fourth-order valence-corrected chi connectivity index (χ4v) is 4.02. The van der Waals surface area contributed by atoms with Crippen molar-refractivity contribution in [2.24, 2.45) is 0 Å². The molecular weight excluding hydrogens is 432 g/mol. The van der Waals surface area contributed by atoms with Crippen molar-refractivity contribution in [1.82, 2.24) is 20.2 Å². The molecule has 3 aromatic rings. The number of hydrogen-bond acceptors (Lipinski definition) is 9. The van der Waals surface area contributed by atoms with Gasteiger partial charge in [0.2, 0.25) is 0 Å². The molecule has 1 aromatic carbocycles. The lowest BCUT2D eigenvalue weighted by Crippen LogP contribution is -2.07. The van der Waals surface area contributed by atoms with E-state index in [1.54, 1.807) is 0 Å². The Kier molecular flexibility index (Phi) is 5.98. The third-order valence-corrected chi connectivity index (χ3v) is 5.58. The Balaban J connectivity index is 1.48. The molecule has 12 nitrogen and oxygen atoms in total. The first-order chi connectivity index (χ1) is 15.8. The number of carbonyl (C=O) groups is 2.